The molecule has 5 heteroatoms. The summed E-state index contributed by atoms with van der Waals surface area (Å²) in [6, 6.07) is 0.434. The zero-order chi connectivity index (χ0) is 11.3. The fourth-order valence-electron chi connectivity index (χ4n) is 3.23. The molecule has 2 unspecified atom stereocenters. The molecule has 0 spiro atoms. The lowest BCUT2D eigenvalue weighted by Crippen LogP contribution is -2.49. The van der Waals surface area contributed by atoms with E-state index in [0.717, 1.165) is 38.5 Å². The van der Waals surface area contributed by atoms with Gasteiger partial charge in [-0.1, -0.05) is 0 Å². The van der Waals surface area contributed by atoms with Gasteiger partial charge in [-0.3, -0.25) is 0 Å². The maximum Gasteiger partial charge on any atom is 0.217 e. The van der Waals surface area contributed by atoms with Crippen molar-refractivity contribution in [2.45, 2.75) is 62.0 Å². The third-order valence-electron chi connectivity index (χ3n) is 4.20. The number of fused-ring (bicyclic) bond motifs is 2. The van der Waals surface area contributed by atoms with E-state index < -0.39 is 10.0 Å². The van der Waals surface area contributed by atoms with Gasteiger partial charge in [0.1, 0.15) is 0 Å². The van der Waals surface area contributed by atoms with E-state index >= 15 is 0 Å². The maximum absolute atomic E-state index is 12.3. The normalized spacial score (nSPS) is 40.2. The van der Waals surface area contributed by atoms with Crippen LogP contribution in [0.2, 0.25) is 0 Å². The lowest BCUT2D eigenvalue weighted by Gasteiger charge is -2.37. The number of nitrogens with zero attached hydrogens (tertiary/aromatic N) is 1. The Kier molecular flexibility index (Phi) is 2.53. The van der Waals surface area contributed by atoms with Crippen molar-refractivity contribution in [1.29, 1.82) is 0 Å². The Morgan fingerprint density at radius 2 is 1.62 bits per heavy atom. The van der Waals surface area contributed by atoms with Crippen molar-refractivity contribution in [3.8, 4) is 0 Å². The van der Waals surface area contributed by atoms with E-state index in [1.54, 1.807) is 7.11 Å². The molecule has 1 aliphatic carbocycles. The minimum atomic E-state index is -2.98. The quantitative estimate of drug-likeness (QED) is 0.748. The van der Waals surface area contributed by atoms with E-state index in [1.807, 2.05) is 4.31 Å². The monoisotopic (exact) mass is 245 g/mol. The second-order valence-electron chi connectivity index (χ2n) is 5.29. The molecule has 3 fully saturated rings. The summed E-state index contributed by atoms with van der Waals surface area (Å²) in [6.45, 7) is 0. The minimum Gasteiger partial charge on any atom is -0.381 e. The van der Waals surface area contributed by atoms with Crippen LogP contribution in [-0.4, -0.2) is 43.3 Å². The molecule has 0 aromatic rings. The predicted octanol–water partition coefficient (Wildman–Crippen LogP) is 1.12. The molecule has 2 saturated heterocycles. The topological polar surface area (TPSA) is 46.6 Å². The summed E-state index contributed by atoms with van der Waals surface area (Å²) in [5.41, 5.74) is 0. The second kappa shape index (κ2) is 3.68. The molecule has 0 radical (unpaired) electrons. The van der Waals surface area contributed by atoms with Crippen LogP contribution < -0.4 is 0 Å². The first-order valence-electron chi connectivity index (χ1n) is 6.18. The SMILES string of the molecule is COC1CC2CCC(C1)N2S(=O)(=O)C1CC1. The Bertz CT molecular complexity index is 363. The molecule has 2 aliphatic heterocycles. The molecule has 0 amide bonds. The van der Waals surface area contributed by atoms with Gasteiger partial charge < -0.3 is 4.74 Å². The first-order chi connectivity index (χ1) is 7.63. The molecule has 92 valence electrons. The van der Waals surface area contributed by atoms with Crippen LogP contribution in [0.4, 0.5) is 0 Å². The average molecular weight is 245 g/mol. The van der Waals surface area contributed by atoms with Crippen LogP contribution >= 0.6 is 0 Å². The summed E-state index contributed by atoms with van der Waals surface area (Å²) in [6.07, 6.45) is 5.83. The highest BCUT2D eigenvalue weighted by molar-refractivity contribution is 7.90. The van der Waals surface area contributed by atoms with E-state index in [-0.39, 0.29) is 23.4 Å². The lowest BCUT2D eigenvalue weighted by atomic mass is 10.0. The highest BCUT2D eigenvalue weighted by Crippen LogP contribution is 2.43. The zero-order valence-electron chi connectivity index (χ0n) is 9.63. The summed E-state index contributed by atoms with van der Waals surface area (Å²) < 4.78 is 31.8. The summed E-state index contributed by atoms with van der Waals surface area (Å²) in [5.74, 6) is 0. The second-order valence-corrected chi connectivity index (χ2v) is 7.41. The summed E-state index contributed by atoms with van der Waals surface area (Å²) in [7, 11) is -1.25. The molecule has 1 saturated carbocycles. The van der Waals surface area contributed by atoms with Crippen molar-refractivity contribution >= 4 is 10.0 Å². The van der Waals surface area contributed by atoms with Gasteiger partial charge in [-0.25, -0.2) is 8.42 Å². The molecule has 2 bridgehead atoms. The Morgan fingerprint density at radius 1 is 1.06 bits per heavy atom. The highest BCUT2D eigenvalue weighted by Gasteiger charge is 2.51. The van der Waals surface area contributed by atoms with Crippen LogP contribution in [0.25, 0.3) is 0 Å². The number of rotatable bonds is 3. The third-order valence-corrected chi connectivity index (χ3v) is 6.69. The lowest BCUT2D eigenvalue weighted by molar-refractivity contribution is 0.0349. The van der Waals surface area contributed by atoms with Crippen LogP contribution in [0.15, 0.2) is 0 Å². The summed E-state index contributed by atoms with van der Waals surface area (Å²) >= 11 is 0. The van der Waals surface area contributed by atoms with Crippen molar-refractivity contribution in [2.75, 3.05) is 7.11 Å². The fraction of sp³-hybridized carbons (Fsp3) is 1.00. The van der Waals surface area contributed by atoms with E-state index in [0.29, 0.717) is 0 Å². The first kappa shape index (κ1) is 11.0. The molecular formula is C11H19NO3S. The van der Waals surface area contributed by atoms with Crippen LogP contribution in [-0.2, 0) is 14.8 Å². The van der Waals surface area contributed by atoms with Crippen molar-refractivity contribution in [1.82, 2.24) is 4.31 Å². The van der Waals surface area contributed by atoms with Gasteiger partial charge in [-0.05, 0) is 38.5 Å². The number of hydrogen-bond donors (Lipinski definition) is 0. The molecule has 16 heavy (non-hydrogen) atoms. The third kappa shape index (κ3) is 1.60. The molecule has 3 rings (SSSR count). The largest absolute Gasteiger partial charge is 0.381 e. The number of ether oxygens (including phenoxy) is 1. The molecule has 2 atom stereocenters. The van der Waals surface area contributed by atoms with Gasteiger partial charge in [0.25, 0.3) is 0 Å². The number of piperidine rings is 1. The molecule has 0 aromatic carbocycles. The molecular weight excluding hydrogens is 226 g/mol. The standard InChI is InChI=1S/C11H19NO3S/c1-15-10-6-8-2-3-9(7-10)12(8)16(13,14)11-4-5-11/h8-11H,2-7H2,1H3. The average Bonchev–Trinajstić information content (AvgIpc) is 3.05. The van der Waals surface area contributed by atoms with Gasteiger partial charge in [-0.15, -0.1) is 0 Å². The molecule has 0 aromatic heterocycles. The Morgan fingerprint density at radius 3 is 2.06 bits per heavy atom. The van der Waals surface area contributed by atoms with E-state index in [1.165, 1.54) is 0 Å². The number of sulfonamides is 1. The van der Waals surface area contributed by atoms with Crippen molar-refractivity contribution in [2.24, 2.45) is 0 Å². The summed E-state index contributed by atoms with van der Waals surface area (Å²) in [4.78, 5) is 0. The van der Waals surface area contributed by atoms with Gasteiger partial charge in [0.15, 0.2) is 0 Å². The Balaban J connectivity index is 1.83. The smallest absolute Gasteiger partial charge is 0.217 e. The van der Waals surface area contributed by atoms with Crippen molar-refractivity contribution in [3.05, 3.63) is 0 Å². The molecule has 0 N–H and O–H groups in total. The van der Waals surface area contributed by atoms with Gasteiger partial charge in [0.2, 0.25) is 10.0 Å². The first-order valence-corrected chi connectivity index (χ1v) is 7.68. The summed E-state index contributed by atoms with van der Waals surface area (Å²) in [5, 5.41) is -0.0605. The van der Waals surface area contributed by atoms with E-state index in [2.05, 4.69) is 0 Å². The van der Waals surface area contributed by atoms with Crippen LogP contribution in [0.5, 0.6) is 0 Å². The van der Waals surface area contributed by atoms with E-state index in [9.17, 15) is 8.42 Å². The van der Waals surface area contributed by atoms with Gasteiger partial charge in [0.05, 0.1) is 11.4 Å². The van der Waals surface area contributed by atoms with Crippen LogP contribution in [0.3, 0.4) is 0 Å². The zero-order valence-corrected chi connectivity index (χ0v) is 10.4. The molecule has 2 heterocycles. The van der Waals surface area contributed by atoms with Gasteiger partial charge in [0, 0.05) is 19.2 Å². The molecule has 4 nitrogen and oxygen atoms in total. The van der Waals surface area contributed by atoms with Crippen molar-refractivity contribution in [3.63, 3.8) is 0 Å². The van der Waals surface area contributed by atoms with Crippen LogP contribution in [0, 0.1) is 0 Å². The highest BCUT2D eigenvalue weighted by atomic mass is 32.2. The van der Waals surface area contributed by atoms with Gasteiger partial charge >= 0.3 is 0 Å². The fourth-order valence-corrected chi connectivity index (χ4v) is 5.52. The maximum atomic E-state index is 12.3. The number of methoxy groups -OCH3 is 1. The van der Waals surface area contributed by atoms with Gasteiger partial charge in [-0.2, -0.15) is 4.31 Å². The molecule has 3 aliphatic rings. The number of hydrogen-bond acceptors (Lipinski definition) is 3. The van der Waals surface area contributed by atoms with Crippen LogP contribution in [0.1, 0.15) is 38.5 Å². The van der Waals surface area contributed by atoms with Crippen molar-refractivity contribution < 1.29 is 13.2 Å². The van der Waals surface area contributed by atoms with E-state index in [4.69, 9.17) is 4.74 Å². The Hall–Kier alpha value is -0.130. The Labute approximate surface area is 97.0 Å². The predicted molar refractivity (Wildman–Crippen MR) is 60.6 cm³/mol. The minimum absolute atomic E-state index is 0.0605.